The number of carboxylic acids is 1. The van der Waals surface area contributed by atoms with Crippen LogP contribution in [0.3, 0.4) is 0 Å². The number of amides is 1. The summed E-state index contributed by atoms with van der Waals surface area (Å²) in [5.41, 5.74) is 1.65. The fourth-order valence-electron chi connectivity index (χ4n) is 2.02. The summed E-state index contributed by atoms with van der Waals surface area (Å²) >= 11 is 0. The molecule has 6 nitrogen and oxygen atoms in total. The molecule has 22 heavy (non-hydrogen) atoms. The van der Waals surface area contributed by atoms with E-state index < -0.39 is 12.0 Å². The summed E-state index contributed by atoms with van der Waals surface area (Å²) in [4.78, 5) is 23.2. The molecule has 116 valence electrons. The Morgan fingerprint density at radius 3 is 2.73 bits per heavy atom. The van der Waals surface area contributed by atoms with E-state index in [1.54, 1.807) is 18.2 Å². The first-order valence-corrected chi connectivity index (χ1v) is 6.89. The second-order valence-corrected chi connectivity index (χ2v) is 4.97. The van der Waals surface area contributed by atoms with Crippen molar-refractivity contribution >= 4 is 17.6 Å². The van der Waals surface area contributed by atoms with Crippen LogP contribution in [0.5, 0.6) is 0 Å². The minimum Gasteiger partial charge on any atom is -0.481 e. The zero-order valence-electron chi connectivity index (χ0n) is 12.2. The number of anilines is 1. The van der Waals surface area contributed by atoms with E-state index in [1.807, 2.05) is 25.1 Å². The van der Waals surface area contributed by atoms with Crippen LogP contribution in [0.4, 0.5) is 5.69 Å². The molecular weight excluding hydrogens is 284 g/mol. The van der Waals surface area contributed by atoms with Crippen LogP contribution in [0.15, 0.2) is 47.1 Å². The molecule has 0 aliphatic carbocycles. The third kappa shape index (κ3) is 4.75. The molecule has 2 aromatic rings. The van der Waals surface area contributed by atoms with Gasteiger partial charge in [0.1, 0.15) is 5.76 Å². The number of benzene rings is 1. The Morgan fingerprint density at radius 2 is 2.09 bits per heavy atom. The van der Waals surface area contributed by atoms with Crippen LogP contribution in [-0.2, 0) is 16.1 Å². The van der Waals surface area contributed by atoms with Gasteiger partial charge in [0.05, 0.1) is 25.3 Å². The van der Waals surface area contributed by atoms with Gasteiger partial charge in [0.15, 0.2) is 0 Å². The summed E-state index contributed by atoms with van der Waals surface area (Å²) in [5, 5.41) is 14.6. The summed E-state index contributed by atoms with van der Waals surface area (Å²) in [5.74, 6) is -0.797. The van der Waals surface area contributed by atoms with E-state index in [-0.39, 0.29) is 18.9 Å². The second kappa shape index (κ2) is 7.42. The number of hydrogen-bond acceptors (Lipinski definition) is 4. The molecule has 1 heterocycles. The first-order chi connectivity index (χ1) is 10.5. The maximum atomic E-state index is 12.3. The minimum absolute atomic E-state index is 0.284. The van der Waals surface area contributed by atoms with Crippen molar-refractivity contribution in [2.45, 2.75) is 25.9 Å². The zero-order valence-corrected chi connectivity index (χ0v) is 12.2. The number of rotatable bonds is 7. The Balaban J connectivity index is 2.00. The number of nitrogens with one attached hydrogen (secondary N) is 2. The van der Waals surface area contributed by atoms with Crippen molar-refractivity contribution in [1.82, 2.24) is 5.32 Å². The Kier molecular flexibility index (Phi) is 5.32. The highest BCUT2D eigenvalue weighted by atomic mass is 16.4. The summed E-state index contributed by atoms with van der Waals surface area (Å²) in [6.07, 6.45) is 1.22. The first-order valence-electron chi connectivity index (χ1n) is 6.89. The lowest BCUT2D eigenvalue weighted by atomic mass is 10.1. The lowest BCUT2D eigenvalue weighted by Crippen LogP contribution is -2.41. The van der Waals surface area contributed by atoms with E-state index in [1.165, 1.54) is 6.26 Å². The molecule has 0 aliphatic rings. The van der Waals surface area contributed by atoms with Gasteiger partial charge in [-0.05, 0) is 36.8 Å². The van der Waals surface area contributed by atoms with Gasteiger partial charge < -0.3 is 14.8 Å². The summed E-state index contributed by atoms with van der Waals surface area (Å²) < 4.78 is 5.16. The highest BCUT2D eigenvalue weighted by Gasteiger charge is 2.21. The molecule has 1 aromatic carbocycles. The largest absolute Gasteiger partial charge is 0.481 e. The van der Waals surface area contributed by atoms with Crippen LogP contribution in [0.2, 0.25) is 0 Å². The van der Waals surface area contributed by atoms with E-state index in [2.05, 4.69) is 10.6 Å². The minimum atomic E-state index is -1.05. The van der Waals surface area contributed by atoms with E-state index in [4.69, 9.17) is 9.52 Å². The molecule has 1 atom stereocenters. The van der Waals surface area contributed by atoms with Crippen LogP contribution in [0, 0.1) is 6.92 Å². The van der Waals surface area contributed by atoms with E-state index in [0.717, 1.165) is 5.56 Å². The van der Waals surface area contributed by atoms with Crippen LogP contribution in [0.25, 0.3) is 0 Å². The number of aliphatic carboxylic acids is 1. The Morgan fingerprint density at radius 1 is 1.27 bits per heavy atom. The van der Waals surface area contributed by atoms with E-state index >= 15 is 0 Å². The van der Waals surface area contributed by atoms with Gasteiger partial charge in [0.25, 0.3) is 0 Å². The highest BCUT2D eigenvalue weighted by Crippen LogP contribution is 2.11. The summed E-state index contributed by atoms with van der Waals surface area (Å²) in [6, 6.07) is 9.96. The van der Waals surface area contributed by atoms with Gasteiger partial charge >= 0.3 is 5.97 Å². The van der Waals surface area contributed by atoms with Crippen LogP contribution < -0.4 is 10.6 Å². The van der Waals surface area contributed by atoms with Crippen molar-refractivity contribution in [3.8, 4) is 0 Å². The van der Waals surface area contributed by atoms with Gasteiger partial charge in [-0.15, -0.1) is 0 Å². The van der Waals surface area contributed by atoms with Crippen molar-refractivity contribution in [2.24, 2.45) is 0 Å². The van der Waals surface area contributed by atoms with Crippen LogP contribution >= 0.6 is 0 Å². The molecule has 0 spiro atoms. The lowest BCUT2D eigenvalue weighted by Gasteiger charge is -2.16. The Bertz CT molecular complexity index is 637. The summed E-state index contributed by atoms with van der Waals surface area (Å²) in [6.45, 7) is 2.20. The van der Waals surface area contributed by atoms with Crippen molar-refractivity contribution in [3.63, 3.8) is 0 Å². The molecule has 2 rings (SSSR count). The number of carbonyl (C=O) groups is 2. The molecule has 1 aromatic heterocycles. The molecule has 0 saturated carbocycles. The molecule has 0 fully saturated rings. The number of carboxylic acid groups (broad SMARTS) is 1. The highest BCUT2D eigenvalue weighted by molar-refractivity contribution is 5.96. The standard InChI is InChI=1S/C16H18N2O4/c1-11-4-2-5-12(8-11)18-16(21)14(9-15(19)20)17-10-13-6-3-7-22-13/h2-8,14,17H,9-10H2,1H3,(H,18,21)(H,19,20). The number of carbonyl (C=O) groups excluding carboxylic acids is 1. The topological polar surface area (TPSA) is 91.6 Å². The maximum absolute atomic E-state index is 12.3. The maximum Gasteiger partial charge on any atom is 0.305 e. The normalized spacial score (nSPS) is 11.9. The fraction of sp³-hybridized carbons (Fsp3) is 0.250. The third-order valence-electron chi connectivity index (χ3n) is 3.08. The number of furan rings is 1. The molecule has 0 saturated heterocycles. The Labute approximate surface area is 128 Å². The number of hydrogen-bond donors (Lipinski definition) is 3. The van der Waals surface area contributed by atoms with Gasteiger partial charge in [-0.25, -0.2) is 0 Å². The van der Waals surface area contributed by atoms with Crippen LogP contribution in [0.1, 0.15) is 17.7 Å². The third-order valence-corrected chi connectivity index (χ3v) is 3.08. The van der Waals surface area contributed by atoms with E-state index in [0.29, 0.717) is 11.4 Å². The fourth-order valence-corrected chi connectivity index (χ4v) is 2.02. The van der Waals surface area contributed by atoms with Crippen LogP contribution in [-0.4, -0.2) is 23.0 Å². The predicted octanol–water partition coefficient (Wildman–Crippen LogP) is 2.16. The number of aryl methyl sites for hydroxylation is 1. The van der Waals surface area contributed by atoms with E-state index in [9.17, 15) is 9.59 Å². The monoisotopic (exact) mass is 302 g/mol. The second-order valence-electron chi connectivity index (χ2n) is 4.97. The molecule has 1 unspecified atom stereocenters. The quantitative estimate of drug-likeness (QED) is 0.729. The Hall–Kier alpha value is -2.60. The first kappa shape index (κ1) is 15.8. The van der Waals surface area contributed by atoms with Gasteiger partial charge in [-0.3, -0.25) is 14.9 Å². The van der Waals surface area contributed by atoms with Crippen molar-refractivity contribution < 1.29 is 19.1 Å². The molecule has 0 radical (unpaired) electrons. The van der Waals surface area contributed by atoms with Crippen molar-refractivity contribution in [2.75, 3.05) is 5.32 Å². The van der Waals surface area contributed by atoms with Gasteiger partial charge in [0, 0.05) is 5.69 Å². The molecule has 1 amide bonds. The molecule has 3 N–H and O–H groups in total. The van der Waals surface area contributed by atoms with Gasteiger partial charge in [-0.2, -0.15) is 0 Å². The smallest absolute Gasteiger partial charge is 0.305 e. The van der Waals surface area contributed by atoms with Crippen molar-refractivity contribution in [1.29, 1.82) is 0 Å². The van der Waals surface area contributed by atoms with Gasteiger partial charge in [-0.1, -0.05) is 12.1 Å². The predicted molar refractivity (Wildman–Crippen MR) is 81.4 cm³/mol. The van der Waals surface area contributed by atoms with Crippen molar-refractivity contribution in [3.05, 3.63) is 54.0 Å². The summed E-state index contributed by atoms with van der Waals surface area (Å²) in [7, 11) is 0. The molecular formula is C16H18N2O4. The average molecular weight is 302 g/mol. The van der Waals surface area contributed by atoms with Gasteiger partial charge in [0.2, 0.25) is 5.91 Å². The zero-order chi connectivity index (χ0) is 15.9. The molecule has 6 heteroatoms. The SMILES string of the molecule is Cc1cccc(NC(=O)C(CC(=O)O)NCc2ccco2)c1. The molecule has 0 aliphatic heterocycles. The molecule has 0 bridgehead atoms. The lowest BCUT2D eigenvalue weighted by molar-refractivity contribution is -0.139. The average Bonchev–Trinajstić information content (AvgIpc) is 2.96.